The second kappa shape index (κ2) is 10.2. The third-order valence-electron chi connectivity index (χ3n) is 6.19. The van der Waals surface area contributed by atoms with E-state index in [4.69, 9.17) is 0 Å². The highest BCUT2D eigenvalue weighted by atomic mass is 16.2. The summed E-state index contributed by atoms with van der Waals surface area (Å²) in [7, 11) is 3.89. The van der Waals surface area contributed by atoms with Gasteiger partial charge in [0.1, 0.15) is 11.7 Å². The fourth-order valence-electron chi connectivity index (χ4n) is 4.44. The summed E-state index contributed by atoms with van der Waals surface area (Å²) in [5.41, 5.74) is 1.72. The number of carbonyl (C=O) groups is 3. The van der Waals surface area contributed by atoms with Crippen LogP contribution in [0.5, 0.6) is 0 Å². The normalized spacial score (nSPS) is 18.4. The summed E-state index contributed by atoms with van der Waals surface area (Å²) in [5.74, 6) is -0.542. The smallest absolute Gasteiger partial charge is 0.275 e. The van der Waals surface area contributed by atoms with Gasteiger partial charge in [0.15, 0.2) is 5.69 Å². The van der Waals surface area contributed by atoms with Crippen molar-refractivity contribution in [2.24, 2.45) is 0 Å². The minimum Gasteiger partial charge on any atom is -0.353 e. The van der Waals surface area contributed by atoms with E-state index in [-0.39, 0.29) is 23.4 Å². The minimum atomic E-state index is -0.494. The van der Waals surface area contributed by atoms with Crippen LogP contribution < -0.4 is 5.32 Å². The highest BCUT2D eigenvalue weighted by Crippen LogP contribution is 2.22. The zero-order valence-electron chi connectivity index (χ0n) is 19.4. The van der Waals surface area contributed by atoms with Gasteiger partial charge < -0.3 is 20.0 Å². The Hall–Kier alpha value is -3.20. The summed E-state index contributed by atoms with van der Waals surface area (Å²) in [6.07, 6.45) is 2.17. The molecule has 4 rings (SSSR count). The molecule has 9 heteroatoms. The third-order valence-corrected chi connectivity index (χ3v) is 6.19. The molecule has 0 saturated carbocycles. The fraction of sp³-hybridized carbons (Fsp3) is 0.500. The molecule has 3 heterocycles. The van der Waals surface area contributed by atoms with E-state index in [0.29, 0.717) is 44.8 Å². The van der Waals surface area contributed by atoms with Gasteiger partial charge in [-0.3, -0.25) is 19.1 Å². The molecule has 1 fully saturated rings. The number of aryl methyl sites for hydroxylation is 1. The number of rotatable bonds is 7. The SMILES string of the molecule is CN(C)CCNC(=O)C1CCCN1C(=O)c1cc2n(n1)CCCN(Cc1ccccc1)C2=O. The predicted molar refractivity (Wildman–Crippen MR) is 124 cm³/mol. The van der Waals surface area contributed by atoms with Crippen LogP contribution in [-0.2, 0) is 17.9 Å². The molecule has 176 valence electrons. The van der Waals surface area contributed by atoms with Gasteiger partial charge in [-0.2, -0.15) is 5.10 Å². The van der Waals surface area contributed by atoms with Crippen LogP contribution >= 0.6 is 0 Å². The van der Waals surface area contributed by atoms with Crippen molar-refractivity contribution in [2.45, 2.75) is 38.4 Å². The summed E-state index contributed by atoms with van der Waals surface area (Å²) in [6, 6.07) is 11.0. The zero-order chi connectivity index (χ0) is 23.4. The molecule has 0 radical (unpaired) electrons. The van der Waals surface area contributed by atoms with E-state index in [0.717, 1.165) is 24.9 Å². The van der Waals surface area contributed by atoms with Gasteiger partial charge in [0.2, 0.25) is 5.91 Å². The second-order valence-corrected chi connectivity index (χ2v) is 8.95. The summed E-state index contributed by atoms with van der Waals surface area (Å²) in [6.45, 7) is 3.53. The zero-order valence-corrected chi connectivity index (χ0v) is 19.4. The molecule has 1 N–H and O–H groups in total. The summed E-state index contributed by atoms with van der Waals surface area (Å²) in [4.78, 5) is 44.5. The van der Waals surface area contributed by atoms with E-state index in [1.54, 1.807) is 20.5 Å². The Morgan fingerprint density at radius 3 is 2.67 bits per heavy atom. The van der Waals surface area contributed by atoms with Crippen LogP contribution in [0.3, 0.4) is 0 Å². The van der Waals surface area contributed by atoms with E-state index in [2.05, 4.69) is 10.4 Å². The number of likely N-dealkylation sites (tertiary alicyclic amines) is 1. The van der Waals surface area contributed by atoms with Gasteiger partial charge in [-0.25, -0.2) is 0 Å². The van der Waals surface area contributed by atoms with Crippen molar-refractivity contribution < 1.29 is 14.4 Å². The lowest BCUT2D eigenvalue weighted by Crippen LogP contribution is -2.47. The van der Waals surface area contributed by atoms with Gasteiger partial charge in [0.25, 0.3) is 11.8 Å². The summed E-state index contributed by atoms with van der Waals surface area (Å²) in [5, 5.41) is 7.39. The predicted octanol–water partition coefficient (Wildman–Crippen LogP) is 1.21. The molecule has 1 atom stereocenters. The van der Waals surface area contributed by atoms with E-state index >= 15 is 0 Å². The molecule has 2 aliphatic heterocycles. The maximum atomic E-state index is 13.3. The van der Waals surface area contributed by atoms with Crippen molar-refractivity contribution in [2.75, 3.05) is 40.3 Å². The van der Waals surface area contributed by atoms with Crippen molar-refractivity contribution in [1.82, 2.24) is 29.8 Å². The van der Waals surface area contributed by atoms with E-state index in [1.807, 2.05) is 49.3 Å². The number of amides is 3. The first-order valence-corrected chi connectivity index (χ1v) is 11.6. The minimum absolute atomic E-state index is 0.123. The number of nitrogens with one attached hydrogen (secondary N) is 1. The largest absolute Gasteiger partial charge is 0.353 e. The van der Waals surface area contributed by atoms with Crippen LogP contribution in [-0.4, -0.2) is 88.5 Å². The Morgan fingerprint density at radius 1 is 1.12 bits per heavy atom. The molecule has 1 aromatic heterocycles. The third kappa shape index (κ3) is 5.24. The monoisotopic (exact) mass is 452 g/mol. The van der Waals surface area contributed by atoms with Crippen LogP contribution in [0.2, 0.25) is 0 Å². The number of nitrogens with zero attached hydrogens (tertiary/aromatic N) is 5. The standard InChI is InChI=1S/C24H32N6O3/c1-27(2)15-11-25-22(31)20-10-6-13-29(20)23(32)19-16-21-24(33)28(12-7-14-30(21)26-19)17-18-8-4-3-5-9-18/h3-5,8-9,16,20H,6-7,10-15,17H2,1-2H3,(H,25,31). The fourth-order valence-corrected chi connectivity index (χ4v) is 4.44. The van der Waals surface area contributed by atoms with Crippen LogP contribution in [0.1, 0.15) is 45.8 Å². The summed E-state index contributed by atoms with van der Waals surface area (Å²) >= 11 is 0. The maximum absolute atomic E-state index is 13.3. The van der Waals surface area contributed by atoms with Gasteiger partial charge in [0, 0.05) is 45.3 Å². The number of likely N-dealkylation sites (N-methyl/N-ethyl adjacent to an activating group) is 1. The highest BCUT2D eigenvalue weighted by molar-refractivity contribution is 6.00. The van der Waals surface area contributed by atoms with Crippen molar-refractivity contribution in [3.63, 3.8) is 0 Å². The number of benzene rings is 1. The molecule has 1 unspecified atom stereocenters. The van der Waals surface area contributed by atoms with Crippen molar-refractivity contribution in [1.29, 1.82) is 0 Å². The van der Waals surface area contributed by atoms with Crippen molar-refractivity contribution in [3.05, 3.63) is 53.3 Å². The average molecular weight is 453 g/mol. The molecule has 9 nitrogen and oxygen atoms in total. The topological polar surface area (TPSA) is 90.8 Å². The molecule has 2 aromatic rings. The lowest BCUT2D eigenvalue weighted by Gasteiger charge is -2.23. The Morgan fingerprint density at radius 2 is 1.91 bits per heavy atom. The lowest BCUT2D eigenvalue weighted by atomic mass is 10.2. The van der Waals surface area contributed by atoms with E-state index < -0.39 is 6.04 Å². The Bertz CT molecular complexity index is 1000. The van der Waals surface area contributed by atoms with Crippen LogP contribution in [0.4, 0.5) is 0 Å². The molecule has 1 aromatic carbocycles. The number of fused-ring (bicyclic) bond motifs is 1. The molecule has 1 saturated heterocycles. The lowest BCUT2D eigenvalue weighted by molar-refractivity contribution is -0.124. The number of hydrogen-bond acceptors (Lipinski definition) is 5. The van der Waals surface area contributed by atoms with Crippen molar-refractivity contribution in [3.8, 4) is 0 Å². The molecule has 33 heavy (non-hydrogen) atoms. The Labute approximate surface area is 194 Å². The van der Waals surface area contributed by atoms with Gasteiger partial charge in [-0.1, -0.05) is 30.3 Å². The van der Waals surface area contributed by atoms with Crippen LogP contribution in [0, 0.1) is 0 Å². The number of hydrogen-bond donors (Lipinski definition) is 1. The van der Waals surface area contributed by atoms with Crippen molar-refractivity contribution >= 4 is 17.7 Å². The number of aromatic nitrogens is 2. The Kier molecular flexibility index (Phi) is 7.08. The van der Waals surface area contributed by atoms with Gasteiger partial charge in [0.05, 0.1) is 0 Å². The van der Waals surface area contributed by atoms with Gasteiger partial charge >= 0.3 is 0 Å². The maximum Gasteiger partial charge on any atom is 0.275 e. The quantitative estimate of drug-likeness (QED) is 0.682. The average Bonchev–Trinajstić information content (AvgIpc) is 3.43. The van der Waals surface area contributed by atoms with Gasteiger partial charge in [-0.05, 0) is 38.9 Å². The second-order valence-electron chi connectivity index (χ2n) is 8.95. The van der Waals surface area contributed by atoms with E-state index in [1.165, 1.54) is 0 Å². The molecular formula is C24H32N6O3. The van der Waals surface area contributed by atoms with Gasteiger partial charge in [-0.15, -0.1) is 0 Å². The molecular weight excluding hydrogens is 420 g/mol. The number of carbonyl (C=O) groups excluding carboxylic acids is 3. The first-order valence-electron chi connectivity index (χ1n) is 11.6. The molecule has 0 spiro atoms. The highest BCUT2D eigenvalue weighted by Gasteiger charge is 2.36. The summed E-state index contributed by atoms with van der Waals surface area (Å²) < 4.78 is 1.64. The first kappa shape index (κ1) is 23.0. The molecule has 0 bridgehead atoms. The first-order chi connectivity index (χ1) is 15.9. The van der Waals surface area contributed by atoms with E-state index in [9.17, 15) is 14.4 Å². The molecule has 2 aliphatic rings. The Balaban J connectivity index is 1.46. The van der Waals surface area contributed by atoms with Crippen LogP contribution in [0.15, 0.2) is 36.4 Å². The molecule has 3 amide bonds. The van der Waals surface area contributed by atoms with Crippen LogP contribution in [0.25, 0.3) is 0 Å². The molecule has 0 aliphatic carbocycles.